The highest BCUT2D eigenvalue weighted by molar-refractivity contribution is 6.31. The van der Waals surface area contributed by atoms with Crippen LogP contribution in [0.1, 0.15) is 70.1 Å². The molecule has 7 heteroatoms. The molecule has 3 aromatic carbocycles. The number of methoxy groups -OCH3 is 2. The lowest BCUT2D eigenvalue weighted by Gasteiger charge is -2.36. The number of fused-ring (bicyclic) bond motifs is 5. The van der Waals surface area contributed by atoms with Gasteiger partial charge in [-0.15, -0.1) is 0 Å². The van der Waals surface area contributed by atoms with Crippen molar-refractivity contribution < 1.29 is 23.9 Å². The minimum atomic E-state index is -1.61. The molecule has 2 aliphatic heterocycles. The third-order valence-electron chi connectivity index (χ3n) is 8.35. The van der Waals surface area contributed by atoms with E-state index >= 15 is 0 Å². The lowest BCUT2D eigenvalue weighted by molar-refractivity contribution is -0.131. The van der Waals surface area contributed by atoms with Crippen molar-refractivity contribution in [3.05, 3.63) is 94.5 Å². The van der Waals surface area contributed by atoms with Crippen molar-refractivity contribution in [1.82, 2.24) is 5.01 Å². The molecule has 0 unspecified atom stereocenters. The molecule has 0 radical (unpaired) electrons. The maximum Gasteiger partial charge on any atom is 0.180 e. The summed E-state index contributed by atoms with van der Waals surface area (Å²) < 4.78 is 11.1. The summed E-state index contributed by atoms with van der Waals surface area (Å²) in [5.41, 5.74) is 0.656. The van der Waals surface area contributed by atoms with Gasteiger partial charge in [-0.05, 0) is 28.8 Å². The SMILES string of the molecule is COc1ccc([C@@H]2[C@H](C(=O)C(C)(C)C)N3N=Cc4ccccc4[C@@H]3C23C(=O)c2ccccc2C3=O)cc1OC. The summed E-state index contributed by atoms with van der Waals surface area (Å²) >= 11 is 0. The van der Waals surface area contributed by atoms with Gasteiger partial charge in [-0.25, -0.2) is 0 Å². The Labute approximate surface area is 227 Å². The van der Waals surface area contributed by atoms with Gasteiger partial charge in [0.25, 0.3) is 0 Å². The smallest absolute Gasteiger partial charge is 0.180 e. The largest absolute Gasteiger partial charge is 0.493 e. The molecule has 3 aliphatic rings. The molecular formula is C32H30N2O5. The predicted molar refractivity (Wildman–Crippen MR) is 147 cm³/mol. The van der Waals surface area contributed by atoms with Crippen LogP contribution in [0.4, 0.5) is 0 Å². The second-order valence-corrected chi connectivity index (χ2v) is 11.4. The number of carbonyl (C=O) groups excluding carboxylic acids is 3. The molecule has 1 spiro atoms. The van der Waals surface area contributed by atoms with Gasteiger partial charge in [0.2, 0.25) is 0 Å². The molecule has 6 rings (SSSR count). The Hall–Kier alpha value is -4.26. The highest BCUT2D eigenvalue weighted by Gasteiger charge is 2.73. The Morgan fingerprint density at radius 1 is 0.872 bits per heavy atom. The second-order valence-electron chi connectivity index (χ2n) is 11.4. The number of hydrogen-bond acceptors (Lipinski definition) is 7. The Bertz CT molecular complexity index is 1530. The van der Waals surface area contributed by atoms with E-state index in [4.69, 9.17) is 14.6 Å². The first-order chi connectivity index (χ1) is 18.7. The molecule has 1 fully saturated rings. The minimum absolute atomic E-state index is 0.0998. The topological polar surface area (TPSA) is 85.3 Å². The zero-order valence-corrected chi connectivity index (χ0v) is 22.6. The Morgan fingerprint density at radius 3 is 2.10 bits per heavy atom. The average Bonchev–Trinajstić information content (AvgIpc) is 3.37. The van der Waals surface area contributed by atoms with Gasteiger partial charge in [-0.3, -0.25) is 19.4 Å². The molecule has 0 saturated carbocycles. The van der Waals surface area contributed by atoms with Crippen LogP contribution in [0.5, 0.6) is 11.5 Å². The highest BCUT2D eigenvalue weighted by atomic mass is 16.5. The Balaban J connectivity index is 1.71. The van der Waals surface area contributed by atoms with Crippen molar-refractivity contribution in [3.8, 4) is 11.5 Å². The third kappa shape index (κ3) is 3.28. The van der Waals surface area contributed by atoms with Crippen molar-refractivity contribution in [3.63, 3.8) is 0 Å². The number of hydrogen-bond donors (Lipinski definition) is 0. The van der Waals surface area contributed by atoms with Crippen LogP contribution < -0.4 is 9.47 Å². The highest BCUT2D eigenvalue weighted by Crippen LogP contribution is 2.65. The van der Waals surface area contributed by atoms with E-state index in [9.17, 15) is 14.4 Å². The van der Waals surface area contributed by atoms with Crippen LogP contribution in [0.3, 0.4) is 0 Å². The van der Waals surface area contributed by atoms with E-state index < -0.39 is 28.8 Å². The molecule has 3 aromatic rings. The maximum atomic E-state index is 14.7. The third-order valence-corrected chi connectivity index (χ3v) is 8.35. The van der Waals surface area contributed by atoms with E-state index in [0.717, 1.165) is 11.1 Å². The summed E-state index contributed by atoms with van der Waals surface area (Å²) in [5.74, 6) is -0.526. The molecule has 1 saturated heterocycles. The first-order valence-corrected chi connectivity index (χ1v) is 13.0. The van der Waals surface area contributed by atoms with Crippen molar-refractivity contribution >= 4 is 23.6 Å². The lowest BCUT2D eigenvalue weighted by Crippen LogP contribution is -2.45. The lowest BCUT2D eigenvalue weighted by atomic mass is 9.62. The van der Waals surface area contributed by atoms with Gasteiger partial charge in [0, 0.05) is 22.5 Å². The van der Waals surface area contributed by atoms with E-state index in [2.05, 4.69) is 0 Å². The predicted octanol–water partition coefficient (Wildman–Crippen LogP) is 5.24. The van der Waals surface area contributed by atoms with Gasteiger partial charge in [0.15, 0.2) is 28.8 Å². The van der Waals surface area contributed by atoms with E-state index in [1.165, 1.54) is 7.11 Å². The summed E-state index contributed by atoms with van der Waals surface area (Å²) in [6.45, 7) is 5.57. The van der Waals surface area contributed by atoms with Crippen LogP contribution >= 0.6 is 0 Å². The van der Waals surface area contributed by atoms with E-state index in [-0.39, 0.29) is 17.3 Å². The van der Waals surface area contributed by atoms with Crippen LogP contribution in [0, 0.1) is 10.8 Å². The normalized spacial score (nSPS) is 22.5. The zero-order chi connectivity index (χ0) is 27.7. The van der Waals surface area contributed by atoms with Crippen LogP contribution in [0.25, 0.3) is 0 Å². The van der Waals surface area contributed by atoms with Crippen LogP contribution in [0.2, 0.25) is 0 Å². The first kappa shape index (κ1) is 25.0. The van der Waals surface area contributed by atoms with Crippen molar-refractivity contribution in [2.75, 3.05) is 14.2 Å². The second kappa shape index (κ2) is 8.63. The molecule has 2 heterocycles. The maximum absolute atomic E-state index is 14.7. The fraction of sp³-hybridized carbons (Fsp3) is 0.312. The number of ether oxygens (including phenoxy) is 2. The van der Waals surface area contributed by atoms with Crippen LogP contribution in [0.15, 0.2) is 71.8 Å². The number of ketones is 3. The quantitative estimate of drug-likeness (QED) is 0.436. The van der Waals surface area contributed by atoms with Gasteiger partial charge < -0.3 is 9.47 Å². The fourth-order valence-corrected chi connectivity index (χ4v) is 6.64. The van der Waals surface area contributed by atoms with Crippen LogP contribution in [-0.2, 0) is 4.79 Å². The van der Waals surface area contributed by atoms with E-state index in [1.807, 2.05) is 51.1 Å². The van der Waals surface area contributed by atoms with Gasteiger partial charge in [0.1, 0.15) is 11.5 Å². The standard InChI is InChI=1S/C32H30N2O5/c1-31(2,3)30(37)26-25(18-14-15-23(38-4)24(16-18)39-5)32(28(35)21-12-8-9-13-22(21)29(32)36)27-20-11-7-6-10-19(20)17-33-34(26)27/h6-17,25-27H,1-5H3/t25-,26-,27-/m1/s1. The average molecular weight is 523 g/mol. The molecule has 0 amide bonds. The Kier molecular flexibility index (Phi) is 5.54. The van der Waals surface area contributed by atoms with Crippen molar-refractivity contribution in [2.45, 2.75) is 38.8 Å². The van der Waals surface area contributed by atoms with E-state index in [0.29, 0.717) is 28.2 Å². The molecule has 1 aliphatic carbocycles. The number of rotatable bonds is 4. The molecule has 0 aromatic heterocycles. The summed E-state index contributed by atoms with van der Waals surface area (Å²) in [5, 5.41) is 6.50. The van der Waals surface area contributed by atoms with Gasteiger partial charge in [-0.1, -0.05) is 75.4 Å². The molecular weight excluding hydrogens is 492 g/mol. The molecule has 0 N–H and O–H groups in total. The van der Waals surface area contributed by atoms with Crippen molar-refractivity contribution in [2.24, 2.45) is 15.9 Å². The summed E-state index contributed by atoms with van der Waals surface area (Å²) in [6.07, 6.45) is 1.72. The Morgan fingerprint density at radius 2 is 1.49 bits per heavy atom. The first-order valence-electron chi connectivity index (χ1n) is 13.0. The molecule has 3 atom stereocenters. The number of benzene rings is 3. The number of nitrogens with zero attached hydrogens (tertiary/aromatic N) is 2. The van der Waals surface area contributed by atoms with E-state index in [1.54, 1.807) is 54.7 Å². The monoisotopic (exact) mass is 522 g/mol. The number of Topliss-reactive ketones (excluding diaryl/α,β-unsaturated/α-hetero) is 3. The zero-order valence-electron chi connectivity index (χ0n) is 22.6. The number of carbonyl (C=O) groups is 3. The summed E-state index contributed by atoms with van der Waals surface area (Å²) in [4.78, 5) is 43.7. The van der Waals surface area contributed by atoms with Gasteiger partial charge >= 0.3 is 0 Å². The van der Waals surface area contributed by atoms with Crippen molar-refractivity contribution in [1.29, 1.82) is 0 Å². The minimum Gasteiger partial charge on any atom is -0.493 e. The summed E-state index contributed by atoms with van der Waals surface area (Å²) in [7, 11) is 3.09. The molecule has 7 nitrogen and oxygen atoms in total. The molecule has 39 heavy (non-hydrogen) atoms. The molecule has 0 bridgehead atoms. The summed E-state index contributed by atoms with van der Waals surface area (Å²) in [6, 6.07) is 18.3. The molecule has 198 valence electrons. The number of hydrazone groups is 1. The van der Waals surface area contributed by atoms with Gasteiger partial charge in [0.05, 0.1) is 26.5 Å². The van der Waals surface area contributed by atoms with Gasteiger partial charge in [-0.2, -0.15) is 5.10 Å². The fourth-order valence-electron chi connectivity index (χ4n) is 6.64. The van der Waals surface area contributed by atoms with Crippen LogP contribution in [-0.4, -0.2) is 48.8 Å².